The highest BCUT2D eigenvalue weighted by Crippen LogP contribution is 2.22. The molecule has 1 aromatic rings. The average Bonchev–Trinajstić information content (AvgIpc) is 3.07. The zero-order valence-electron chi connectivity index (χ0n) is 15.3. The number of nitrogens with zero attached hydrogens (tertiary/aromatic N) is 3. The molecule has 0 radical (unpaired) electrons. The highest BCUT2D eigenvalue weighted by atomic mass is 35.5. The van der Waals surface area contributed by atoms with Crippen LogP contribution in [0.25, 0.3) is 0 Å². The Hall–Kier alpha value is -0.580. The average molecular weight is 441 g/mol. The summed E-state index contributed by atoms with van der Waals surface area (Å²) in [4.78, 5) is 15.0. The molecule has 156 valence electrons. The molecule has 0 spiro atoms. The molecular weight excluding hydrogens is 411 g/mol. The number of nitrogens with two attached hydrogens (primary N) is 1. The molecule has 1 amide bonds. The summed E-state index contributed by atoms with van der Waals surface area (Å²) in [6.07, 6.45) is 5.53. The first-order chi connectivity index (χ1) is 12.2. The van der Waals surface area contributed by atoms with E-state index in [1.54, 1.807) is 18.0 Å². The summed E-state index contributed by atoms with van der Waals surface area (Å²) < 4.78 is 5.47. The van der Waals surface area contributed by atoms with Gasteiger partial charge in [-0.15, -0.1) is 41.7 Å². The lowest BCUT2D eigenvalue weighted by Gasteiger charge is -2.35. The molecule has 0 saturated carbocycles. The first kappa shape index (κ1) is 24.5. The lowest BCUT2D eigenvalue weighted by atomic mass is 10.0. The van der Waals surface area contributed by atoms with E-state index >= 15 is 0 Å². The molecule has 2 aliphatic heterocycles. The zero-order chi connectivity index (χ0) is 17.5. The van der Waals surface area contributed by atoms with Gasteiger partial charge in [0.15, 0.2) is 0 Å². The van der Waals surface area contributed by atoms with Crippen LogP contribution >= 0.6 is 36.6 Å². The topological polar surface area (TPSA) is 109 Å². The highest BCUT2D eigenvalue weighted by molar-refractivity contribution is 7.99. The van der Waals surface area contributed by atoms with Gasteiger partial charge in [-0.25, -0.2) is 0 Å². The molecule has 2 atom stereocenters. The van der Waals surface area contributed by atoms with Crippen LogP contribution in [0, 0.1) is 5.92 Å². The van der Waals surface area contributed by atoms with Crippen LogP contribution in [-0.2, 0) is 9.53 Å². The number of H-pyrrole nitrogens is 1. The van der Waals surface area contributed by atoms with Gasteiger partial charge < -0.3 is 15.8 Å². The number of aromatic amines is 1. The minimum Gasteiger partial charge on any atom is -0.381 e. The predicted molar refractivity (Wildman–Crippen MR) is 111 cm³/mol. The van der Waals surface area contributed by atoms with Gasteiger partial charge in [-0.2, -0.15) is 10.3 Å². The van der Waals surface area contributed by atoms with Crippen LogP contribution in [0.5, 0.6) is 0 Å². The number of ether oxygens (including phenoxy) is 1. The van der Waals surface area contributed by atoms with Gasteiger partial charge in [-0.05, 0) is 25.7 Å². The van der Waals surface area contributed by atoms with E-state index in [2.05, 4.69) is 25.6 Å². The molecule has 1 aromatic heterocycles. The summed E-state index contributed by atoms with van der Waals surface area (Å²) in [5.74, 6) is 0.953. The molecule has 2 fully saturated rings. The third kappa shape index (κ3) is 7.75. The largest absolute Gasteiger partial charge is 0.381 e. The van der Waals surface area contributed by atoms with Crippen molar-refractivity contribution in [2.24, 2.45) is 11.7 Å². The fourth-order valence-corrected chi connectivity index (χ4v) is 4.20. The number of hydrogen-bond donors (Lipinski definition) is 3. The van der Waals surface area contributed by atoms with Crippen molar-refractivity contribution < 1.29 is 9.53 Å². The highest BCUT2D eigenvalue weighted by Gasteiger charge is 2.31. The molecule has 3 heterocycles. The maximum absolute atomic E-state index is 12.6. The Labute approximate surface area is 176 Å². The van der Waals surface area contributed by atoms with Gasteiger partial charge in [0.25, 0.3) is 0 Å². The first-order valence-electron chi connectivity index (χ1n) is 9.06. The standard InChI is InChI=1S/C16H28N6O2S.2ClH/c17-13-2-1-12(10-22(11-13)14-3-6-24-7-4-14)16(23)18-5-8-25-15-9-19-21-20-15;;/h9,12-14H,1-8,10-11,17H2,(H,18,23)(H,19,20,21);2*1H/t12-,13+;;/m1../s1. The number of halogens is 2. The first-order valence-corrected chi connectivity index (χ1v) is 10.0. The number of carbonyl (C=O) groups is 1. The van der Waals surface area contributed by atoms with Crippen molar-refractivity contribution in [3.05, 3.63) is 6.20 Å². The normalized spacial score (nSPS) is 24.3. The van der Waals surface area contributed by atoms with Crippen molar-refractivity contribution in [1.29, 1.82) is 0 Å². The molecular formula is C16H30Cl2N6O2S. The van der Waals surface area contributed by atoms with E-state index in [-0.39, 0.29) is 42.7 Å². The maximum atomic E-state index is 12.6. The number of nitrogens with one attached hydrogen (secondary N) is 2. The lowest BCUT2D eigenvalue weighted by molar-refractivity contribution is -0.125. The van der Waals surface area contributed by atoms with Crippen molar-refractivity contribution in [2.45, 2.75) is 42.8 Å². The van der Waals surface area contributed by atoms with E-state index in [0.717, 1.165) is 62.8 Å². The van der Waals surface area contributed by atoms with Gasteiger partial charge in [0.05, 0.1) is 12.1 Å². The van der Waals surface area contributed by atoms with Gasteiger partial charge in [-0.3, -0.25) is 9.69 Å². The molecule has 3 rings (SSSR count). The Kier molecular flexibility index (Phi) is 11.6. The molecule has 4 N–H and O–H groups in total. The third-order valence-electron chi connectivity index (χ3n) is 4.93. The fourth-order valence-electron chi connectivity index (χ4n) is 3.55. The van der Waals surface area contributed by atoms with Crippen molar-refractivity contribution in [1.82, 2.24) is 25.6 Å². The maximum Gasteiger partial charge on any atom is 0.224 e. The van der Waals surface area contributed by atoms with Crippen molar-refractivity contribution >= 4 is 42.5 Å². The number of amides is 1. The summed E-state index contributed by atoms with van der Waals surface area (Å²) in [5, 5.41) is 14.3. The van der Waals surface area contributed by atoms with E-state index in [9.17, 15) is 4.79 Å². The molecule has 2 aliphatic rings. The number of rotatable bonds is 6. The molecule has 11 heteroatoms. The minimum absolute atomic E-state index is 0. The Bertz CT molecular complexity index is 533. The SMILES string of the molecule is Cl.Cl.N[C@H]1CC[C@@H](C(=O)NCCSc2cn[nH]n2)CN(C2CCOCC2)C1. The van der Waals surface area contributed by atoms with Crippen LogP contribution in [0.2, 0.25) is 0 Å². The van der Waals surface area contributed by atoms with Crippen LogP contribution in [0.3, 0.4) is 0 Å². The van der Waals surface area contributed by atoms with Gasteiger partial charge >= 0.3 is 0 Å². The lowest BCUT2D eigenvalue weighted by Crippen LogP contribution is -2.47. The van der Waals surface area contributed by atoms with Gasteiger partial charge in [0, 0.05) is 50.7 Å². The second-order valence-electron chi connectivity index (χ2n) is 6.78. The molecule has 0 aromatic carbocycles. The van der Waals surface area contributed by atoms with Crippen LogP contribution in [0.4, 0.5) is 0 Å². The molecule has 0 aliphatic carbocycles. The molecule has 0 bridgehead atoms. The Morgan fingerprint density at radius 2 is 2.07 bits per heavy atom. The summed E-state index contributed by atoms with van der Waals surface area (Å²) in [7, 11) is 0. The van der Waals surface area contributed by atoms with E-state index < -0.39 is 0 Å². The van der Waals surface area contributed by atoms with Crippen molar-refractivity contribution in [2.75, 3.05) is 38.6 Å². The van der Waals surface area contributed by atoms with Crippen LogP contribution < -0.4 is 11.1 Å². The second-order valence-corrected chi connectivity index (χ2v) is 7.89. The number of thioether (sulfide) groups is 1. The molecule has 8 nitrogen and oxygen atoms in total. The number of carbonyl (C=O) groups excluding carboxylic acids is 1. The van der Waals surface area contributed by atoms with E-state index in [1.165, 1.54) is 0 Å². The third-order valence-corrected chi connectivity index (χ3v) is 5.83. The fraction of sp³-hybridized carbons (Fsp3) is 0.812. The number of aromatic nitrogens is 3. The molecule has 27 heavy (non-hydrogen) atoms. The number of likely N-dealkylation sites (tertiary alicyclic amines) is 1. The monoisotopic (exact) mass is 440 g/mol. The summed E-state index contributed by atoms with van der Waals surface area (Å²) in [6.45, 7) is 3.95. The predicted octanol–water partition coefficient (Wildman–Crippen LogP) is 1.07. The van der Waals surface area contributed by atoms with E-state index in [4.69, 9.17) is 10.5 Å². The Balaban J connectivity index is 0.00000182. The molecule has 2 saturated heterocycles. The molecule has 0 unspecified atom stereocenters. The Morgan fingerprint density at radius 1 is 1.30 bits per heavy atom. The summed E-state index contributed by atoms with van der Waals surface area (Å²) >= 11 is 1.58. The van der Waals surface area contributed by atoms with Crippen molar-refractivity contribution in [3.8, 4) is 0 Å². The van der Waals surface area contributed by atoms with Crippen LogP contribution in [0.15, 0.2) is 11.2 Å². The summed E-state index contributed by atoms with van der Waals surface area (Å²) in [6, 6.07) is 0.652. The van der Waals surface area contributed by atoms with E-state index in [1.807, 2.05) is 0 Å². The van der Waals surface area contributed by atoms with E-state index in [0.29, 0.717) is 12.6 Å². The quantitative estimate of drug-likeness (QED) is 0.448. The number of hydrogen-bond acceptors (Lipinski definition) is 7. The van der Waals surface area contributed by atoms with Crippen molar-refractivity contribution in [3.63, 3.8) is 0 Å². The van der Waals surface area contributed by atoms with Gasteiger partial charge in [-0.1, -0.05) is 0 Å². The minimum atomic E-state index is 0. The van der Waals surface area contributed by atoms with Crippen LogP contribution in [-0.4, -0.2) is 76.9 Å². The van der Waals surface area contributed by atoms with Gasteiger partial charge in [0.1, 0.15) is 5.03 Å². The smallest absolute Gasteiger partial charge is 0.224 e. The Morgan fingerprint density at radius 3 is 2.78 bits per heavy atom. The second kappa shape index (κ2) is 12.8. The zero-order valence-corrected chi connectivity index (χ0v) is 17.8. The van der Waals surface area contributed by atoms with Gasteiger partial charge in [0.2, 0.25) is 5.91 Å². The summed E-state index contributed by atoms with van der Waals surface area (Å²) in [5.41, 5.74) is 6.25. The van der Waals surface area contributed by atoms with Crippen LogP contribution in [0.1, 0.15) is 25.7 Å².